The Kier molecular flexibility index (Phi) is 6.29. The molecule has 2 amide bonds. The number of carbonyl (C=O) groups is 2. The van der Waals surface area contributed by atoms with E-state index in [1.54, 1.807) is 0 Å². The lowest BCUT2D eigenvalue weighted by molar-refractivity contribution is -0.117. The lowest BCUT2D eigenvalue weighted by Gasteiger charge is -2.10. The standard InChI is InChI=1S/C11H14FN3O2.ClH/c1-6(13)11(17)15-10-5-8(14-7(2)16)3-4-9(10)12;/h3-6H,13H2,1-2H3,(H,14,16)(H,15,17);1H/t6-;/m1./s1. The van der Waals surface area contributed by atoms with E-state index in [0.717, 1.165) is 6.07 Å². The first-order valence-electron chi connectivity index (χ1n) is 5.03. The minimum absolute atomic E-state index is 0. The van der Waals surface area contributed by atoms with Gasteiger partial charge < -0.3 is 16.4 Å². The van der Waals surface area contributed by atoms with Crippen LogP contribution in [0.25, 0.3) is 0 Å². The van der Waals surface area contributed by atoms with Crippen molar-refractivity contribution in [2.24, 2.45) is 5.73 Å². The number of rotatable bonds is 3. The van der Waals surface area contributed by atoms with Gasteiger partial charge in [0.15, 0.2) is 0 Å². The van der Waals surface area contributed by atoms with Crippen molar-refractivity contribution in [3.05, 3.63) is 24.0 Å². The van der Waals surface area contributed by atoms with Crippen LogP contribution in [0.3, 0.4) is 0 Å². The number of carbonyl (C=O) groups excluding carboxylic acids is 2. The second-order valence-electron chi connectivity index (χ2n) is 3.65. The molecule has 0 radical (unpaired) electrons. The van der Waals surface area contributed by atoms with E-state index in [0.29, 0.717) is 5.69 Å². The molecule has 7 heteroatoms. The summed E-state index contributed by atoms with van der Waals surface area (Å²) in [5.41, 5.74) is 5.73. The van der Waals surface area contributed by atoms with Crippen molar-refractivity contribution >= 4 is 35.6 Å². The Morgan fingerprint density at radius 1 is 1.33 bits per heavy atom. The van der Waals surface area contributed by atoms with E-state index < -0.39 is 17.8 Å². The predicted molar refractivity (Wildman–Crippen MR) is 70.2 cm³/mol. The third-order valence-electron chi connectivity index (χ3n) is 1.96. The summed E-state index contributed by atoms with van der Waals surface area (Å²) in [5.74, 6) is -1.36. The van der Waals surface area contributed by atoms with Gasteiger partial charge in [0.1, 0.15) is 5.82 Å². The van der Waals surface area contributed by atoms with E-state index in [-0.39, 0.29) is 24.0 Å². The van der Waals surface area contributed by atoms with Crippen LogP contribution in [0.15, 0.2) is 18.2 Å². The van der Waals surface area contributed by atoms with Crippen molar-refractivity contribution in [3.63, 3.8) is 0 Å². The summed E-state index contributed by atoms with van der Waals surface area (Å²) in [6.45, 7) is 2.83. The molecule has 1 aromatic rings. The maximum atomic E-state index is 13.4. The Hall–Kier alpha value is -1.66. The van der Waals surface area contributed by atoms with Crippen molar-refractivity contribution in [3.8, 4) is 0 Å². The van der Waals surface area contributed by atoms with Crippen LogP contribution >= 0.6 is 12.4 Å². The molecule has 0 saturated carbocycles. The van der Waals surface area contributed by atoms with E-state index in [2.05, 4.69) is 10.6 Å². The number of halogens is 2. The number of hydrogen-bond acceptors (Lipinski definition) is 3. The molecule has 0 unspecified atom stereocenters. The molecule has 1 rings (SSSR count). The van der Waals surface area contributed by atoms with Gasteiger partial charge in [0.2, 0.25) is 11.8 Å². The van der Waals surface area contributed by atoms with Crippen LogP contribution in [0.4, 0.5) is 15.8 Å². The molecule has 0 fully saturated rings. The summed E-state index contributed by atoms with van der Waals surface area (Å²) in [5, 5.41) is 4.82. The topological polar surface area (TPSA) is 84.2 Å². The third-order valence-corrected chi connectivity index (χ3v) is 1.96. The van der Waals surface area contributed by atoms with E-state index in [1.807, 2.05) is 0 Å². The zero-order chi connectivity index (χ0) is 13.0. The molecule has 0 spiro atoms. The second kappa shape index (κ2) is 6.93. The first-order valence-corrected chi connectivity index (χ1v) is 5.03. The van der Waals surface area contributed by atoms with Crippen LogP contribution in [0, 0.1) is 5.82 Å². The van der Waals surface area contributed by atoms with Crippen LogP contribution in [0.5, 0.6) is 0 Å². The number of nitrogens with one attached hydrogen (secondary N) is 2. The molecule has 0 aliphatic carbocycles. The van der Waals surface area contributed by atoms with Crippen molar-refractivity contribution in [2.75, 3.05) is 10.6 Å². The fraction of sp³-hybridized carbons (Fsp3) is 0.273. The monoisotopic (exact) mass is 275 g/mol. The molecule has 0 aliphatic heterocycles. The van der Waals surface area contributed by atoms with E-state index >= 15 is 0 Å². The minimum atomic E-state index is -0.737. The summed E-state index contributed by atoms with van der Waals surface area (Å²) in [4.78, 5) is 22.1. The normalized spacial score (nSPS) is 11.1. The molecule has 0 heterocycles. The zero-order valence-electron chi connectivity index (χ0n) is 9.99. The van der Waals surface area contributed by atoms with Gasteiger partial charge in [0.25, 0.3) is 0 Å². The quantitative estimate of drug-likeness (QED) is 0.781. The lowest BCUT2D eigenvalue weighted by Crippen LogP contribution is -2.32. The van der Waals surface area contributed by atoms with Crippen molar-refractivity contribution in [1.29, 1.82) is 0 Å². The van der Waals surface area contributed by atoms with E-state index in [4.69, 9.17) is 5.73 Å². The predicted octanol–water partition coefficient (Wildman–Crippen LogP) is 1.49. The van der Waals surface area contributed by atoms with E-state index in [9.17, 15) is 14.0 Å². The fourth-order valence-corrected chi connectivity index (χ4v) is 1.15. The molecule has 1 aromatic carbocycles. The highest BCUT2D eigenvalue weighted by molar-refractivity contribution is 5.95. The first kappa shape index (κ1) is 16.3. The molecule has 0 aromatic heterocycles. The number of amides is 2. The van der Waals surface area contributed by atoms with Crippen LogP contribution in [0.1, 0.15) is 13.8 Å². The summed E-state index contributed by atoms with van der Waals surface area (Å²) in [6.07, 6.45) is 0. The Balaban J connectivity index is 0.00000289. The van der Waals surface area contributed by atoms with Crippen molar-refractivity contribution in [2.45, 2.75) is 19.9 Å². The fourth-order valence-electron chi connectivity index (χ4n) is 1.15. The molecular formula is C11H15ClFN3O2. The van der Waals surface area contributed by atoms with Crippen molar-refractivity contribution in [1.82, 2.24) is 0 Å². The summed E-state index contributed by atoms with van der Waals surface area (Å²) < 4.78 is 13.4. The molecule has 18 heavy (non-hydrogen) atoms. The number of anilines is 2. The van der Waals surface area contributed by atoms with Crippen molar-refractivity contribution < 1.29 is 14.0 Å². The summed E-state index contributed by atoms with van der Waals surface area (Å²) in [6, 6.07) is 3.15. The molecule has 5 nitrogen and oxygen atoms in total. The van der Waals surface area contributed by atoms with Crippen LogP contribution < -0.4 is 16.4 Å². The number of benzene rings is 1. The third kappa shape index (κ3) is 4.68. The molecular weight excluding hydrogens is 261 g/mol. The Morgan fingerprint density at radius 2 is 1.94 bits per heavy atom. The Labute approximate surface area is 110 Å². The highest BCUT2D eigenvalue weighted by Gasteiger charge is 2.11. The average Bonchev–Trinajstić information content (AvgIpc) is 2.22. The Morgan fingerprint density at radius 3 is 2.44 bits per heavy atom. The number of hydrogen-bond donors (Lipinski definition) is 3. The van der Waals surface area contributed by atoms with Gasteiger partial charge in [0.05, 0.1) is 11.7 Å². The zero-order valence-corrected chi connectivity index (χ0v) is 10.8. The minimum Gasteiger partial charge on any atom is -0.326 e. The largest absolute Gasteiger partial charge is 0.326 e. The highest BCUT2D eigenvalue weighted by atomic mass is 35.5. The maximum absolute atomic E-state index is 13.4. The molecule has 0 aliphatic rings. The smallest absolute Gasteiger partial charge is 0.241 e. The first-order chi connectivity index (χ1) is 7.90. The van der Waals surface area contributed by atoms with Gasteiger partial charge in [-0.05, 0) is 25.1 Å². The summed E-state index contributed by atoms with van der Waals surface area (Å²) >= 11 is 0. The Bertz CT molecular complexity index is 452. The molecule has 100 valence electrons. The molecule has 0 bridgehead atoms. The van der Waals surface area contributed by atoms with Gasteiger partial charge in [-0.25, -0.2) is 4.39 Å². The second-order valence-corrected chi connectivity index (χ2v) is 3.65. The van der Waals surface area contributed by atoms with Crippen LogP contribution in [-0.2, 0) is 9.59 Å². The van der Waals surface area contributed by atoms with Gasteiger partial charge >= 0.3 is 0 Å². The molecule has 4 N–H and O–H groups in total. The van der Waals surface area contributed by atoms with Gasteiger partial charge in [-0.3, -0.25) is 9.59 Å². The van der Waals surface area contributed by atoms with Gasteiger partial charge in [-0.1, -0.05) is 0 Å². The average molecular weight is 276 g/mol. The van der Waals surface area contributed by atoms with Gasteiger partial charge in [0, 0.05) is 12.6 Å². The summed E-state index contributed by atoms with van der Waals surface area (Å²) in [7, 11) is 0. The van der Waals surface area contributed by atoms with Crippen LogP contribution in [-0.4, -0.2) is 17.9 Å². The van der Waals surface area contributed by atoms with Gasteiger partial charge in [-0.15, -0.1) is 12.4 Å². The highest BCUT2D eigenvalue weighted by Crippen LogP contribution is 2.19. The van der Waals surface area contributed by atoms with Crippen LogP contribution in [0.2, 0.25) is 0 Å². The SMILES string of the molecule is CC(=O)Nc1ccc(F)c(NC(=O)[C@@H](C)N)c1.Cl. The lowest BCUT2D eigenvalue weighted by atomic mass is 10.2. The molecule has 0 saturated heterocycles. The van der Waals surface area contributed by atoms with E-state index in [1.165, 1.54) is 26.0 Å². The molecule has 1 atom stereocenters. The maximum Gasteiger partial charge on any atom is 0.241 e. The van der Waals surface area contributed by atoms with Gasteiger partial charge in [-0.2, -0.15) is 0 Å². The number of nitrogens with two attached hydrogens (primary N) is 1.